The third-order valence-electron chi connectivity index (χ3n) is 2.21. The molecule has 0 unspecified atom stereocenters. The normalized spacial score (nSPS) is 11.4. The second kappa shape index (κ2) is 5.89. The first-order valence-electron chi connectivity index (χ1n) is 5.58. The first kappa shape index (κ1) is 13.0. The maximum absolute atomic E-state index is 12.0. The fraction of sp³-hybridized carbons (Fsp3) is 0.500. The Bertz CT molecular complexity index is 400. The van der Waals surface area contributed by atoms with Gasteiger partial charge in [-0.2, -0.15) is 0 Å². The van der Waals surface area contributed by atoms with Crippen molar-refractivity contribution < 1.29 is 8.42 Å². The topological polar surface area (TPSA) is 37.4 Å². The Morgan fingerprint density at radius 2 is 1.81 bits per heavy atom. The van der Waals surface area contributed by atoms with Crippen molar-refractivity contribution in [2.24, 2.45) is 0 Å². The summed E-state index contributed by atoms with van der Waals surface area (Å²) in [6.07, 6.45) is 1.45. The zero-order valence-electron chi connectivity index (χ0n) is 9.81. The minimum atomic E-state index is -3.17. The summed E-state index contributed by atoms with van der Waals surface area (Å²) in [6, 6.07) is 9.92. The maximum Gasteiger partial charge on any atom is 0.235 e. The molecule has 0 N–H and O–H groups in total. The Morgan fingerprint density at radius 3 is 2.31 bits per heavy atom. The van der Waals surface area contributed by atoms with Gasteiger partial charge in [-0.3, -0.25) is 4.31 Å². The molecule has 0 bridgehead atoms. The van der Waals surface area contributed by atoms with Gasteiger partial charge in [-0.15, -0.1) is 0 Å². The van der Waals surface area contributed by atoms with E-state index in [4.69, 9.17) is 0 Å². The molecule has 0 saturated carbocycles. The van der Waals surface area contributed by atoms with E-state index in [0.717, 1.165) is 12.1 Å². The molecule has 1 aromatic rings. The van der Waals surface area contributed by atoms with Crippen molar-refractivity contribution in [3.05, 3.63) is 30.3 Å². The largest absolute Gasteiger partial charge is 0.270 e. The summed E-state index contributed by atoms with van der Waals surface area (Å²) in [7, 11) is -3.17. The van der Waals surface area contributed by atoms with E-state index < -0.39 is 10.0 Å². The highest BCUT2D eigenvalue weighted by Gasteiger charge is 2.20. The van der Waals surface area contributed by atoms with Crippen molar-refractivity contribution in [2.75, 3.05) is 16.6 Å². The van der Waals surface area contributed by atoms with E-state index in [1.807, 2.05) is 13.8 Å². The molecular formula is C12H18NO2S. The van der Waals surface area contributed by atoms with Gasteiger partial charge in [0.05, 0.1) is 11.4 Å². The Hall–Kier alpha value is -1.03. The maximum atomic E-state index is 12.0. The Morgan fingerprint density at radius 1 is 1.19 bits per heavy atom. The quantitative estimate of drug-likeness (QED) is 0.766. The zero-order valence-corrected chi connectivity index (χ0v) is 10.6. The molecule has 0 heterocycles. The lowest BCUT2D eigenvalue weighted by Crippen LogP contribution is -2.33. The van der Waals surface area contributed by atoms with E-state index in [0.29, 0.717) is 13.0 Å². The van der Waals surface area contributed by atoms with Crippen molar-refractivity contribution in [1.82, 2.24) is 0 Å². The SMILES string of the molecule is CCCN(c1cc[c]cc1)S(=O)(=O)CCC. The van der Waals surface area contributed by atoms with Crippen LogP contribution in [0.25, 0.3) is 0 Å². The molecule has 89 valence electrons. The smallest absolute Gasteiger partial charge is 0.235 e. The fourth-order valence-electron chi connectivity index (χ4n) is 1.54. The second-order valence-corrected chi connectivity index (χ2v) is 5.66. The molecule has 0 atom stereocenters. The van der Waals surface area contributed by atoms with E-state index in [1.54, 1.807) is 24.3 Å². The summed E-state index contributed by atoms with van der Waals surface area (Å²) in [5.41, 5.74) is 0.731. The monoisotopic (exact) mass is 240 g/mol. The van der Waals surface area contributed by atoms with Gasteiger partial charge in [0.1, 0.15) is 0 Å². The second-order valence-electron chi connectivity index (χ2n) is 3.65. The summed E-state index contributed by atoms with van der Waals surface area (Å²) in [5, 5.41) is 0. The summed E-state index contributed by atoms with van der Waals surface area (Å²) in [4.78, 5) is 0. The predicted octanol–water partition coefficient (Wildman–Crippen LogP) is 2.44. The van der Waals surface area contributed by atoms with Crippen LogP contribution in [0.2, 0.25) is 0 Å². The number of anilines is 1. The average Bonchev–Trinajstić information content (AvgIpc) is 2.27. The van der Waals surface area contributed by atoms with Crippen LogP contribution in [0.3, 0.4) is 0 Å². The van der Waals surface area contributed by atoms with Crippen LogP contribution >= 0.6 is 0 Å². The van der Waals surface area contributed by atoms with Gasteiger partial charge in [0.2, 0.25) is 10.0 Å². The third-order valence-corrected chi connectivity index (χ3v) is 4.20. The van der Waals surface area contributed by atoms with Crippen molar-refractivity contribution in [1.29, 1.82) is 0 Å². The van der Waals surface area contributed by atoms with Crippen molar-refractivity contribution in [3.63, 3.8) is 0 Å². The highest BCUT2D eigenvalue weighted by Crippen LogP contribution is 2.18. The Kier molecular flexibility index (Phi) is 4.80. The highest BCUT2D eigenvalue weighted by molar-refractivity contribution is 7.92. The average molecular weight is 240 g/mol. The van der Waals surface area contributed by atoms with Crippen LogP contribution in [-0.4, -0.2) is 20.7 Å². The predicted molar refractivity (Wildman–Crippen MR) is 67.0 cm³/mol. The molecule has 0 saturated heterocycles. The van der Waals surface area contributed by atoms with Crippen molar-refractivity contribution in [3.8, 4) is 0 Å². The number of hydrogen-bond acceptors (Lipinski definition) is 2. The van der Waals surface area contributed by atoms with Gasteiger partial charge in [0.25, 0.3) is 0 Å². The molecule has 0 aromatic heterocycles. The Balaban J connectivity index is 3.00. The molecule has 0 aliphatic heterocycles. The molecule has 0 amide bonds. The molecule has 1 aromatic carbocycles. The third kappa shape index (κ3) is 3.23. The van der Waals surface area contributed by atoms with Gasteiger partial charge in [-0.1, -0.05) is 26.0 Å². The molecule has 1 radical (unpaired) electrons. The molecule has 1 rings (SSSR count). The van der Waals surface area contributed by atoms with Gasteiger partial charge < -0.3 is 0 Å². The summed E-state index contributed by atoms with van der Waals surface area (Å²) < 4.78 is 25.6. The summed E-state index contributed by atoms with van der Waals surface area (Å²) in [6.45, 7) is 4.39. The molecule has 4 heteroatoms. The number of sulfonamides is 1. The van der Waals surface area contributed by atoms with Crippen molar-refractivity contribution in [2.45, 2.75) is 26.7 Å². The minimum absolute atomic E-state index is 0.200. The fourth-order valence-corrected chi connectivity index (χ4v) is 3.18. The Labute approximate surface area is 98.1 Å². The van der Waals surface area contributed by atoms with Gasteiger partial charge in [-0.25, -0.2) is 8.42 Å². The van der Waals surface area contributed by atoms with Crippen LogP contribution in [0.5, 0.6) is 0 Å². The molecule has 0 fully saturated rings. The van der Waals surface area contributed by atoms with E-state index in [9.17, 15) is 8.42 Å². The van der Waals surface area contributed by atoms with Gasteiger partial charge >= 0.3 is 0 Å². The van der Waals surface area contributed by atoms with Crippen molar-refractivity contribution >= 4 is 15.7 Å². The van der Waals surface area contributed by atoms with Crippen LogP contribution < -0.4 is 4.31 Å². The molecule has 16 heavy (non-hydrogen) atoms. The lowest BCUT2D eigenvalue weighted by Gasteiger charge is -2.23. The zero-order chi connectivity index (χ0) is 12.0. The minimum Gasteiger partial charge on any atom is -0.270 e. The molecule has 0 spiro atoms. The number of nitrogens with zero attached hydrogens (tertiary/aromatic N) is 1. The van der Waals surface area contributed by atoms with Gasteiger partial charge in [0.15, 0.2) is 0 Å². The van der Waals surface area contributed by atoms with Crippen LogP contribution in [0.4, 0.5) is 5.69 Å². The summed E-state index contributed by atoms with van der Waals surface area (Å²) >= 11 is 0. The summed E-state index contributed by atoms with van der Waals surface area (Å²) in [5.74, 6) is 0.200. The molecule has 3 nitrogen and oxygen atoms in total. The van der Waals surface area contributed by atoms with Crippen LogP contribution in [0, 0.1) is 6.07 Å². The van der Waals surface area contributed by atoms with Gasteiger partial charge in [0, 0.05) is 6.54 Å². The number of benzene rings is 1. The molecular weight excluding hydrogens is 222 g/mol. The van der Waals surface area contributed by atoms with E-state index in [-0.39, 0.29) is 5.75 Å². The number of hydrogen-bond donors (Lipinski definition) is 0. The lowest BCUT2D eigenvalue weighted by atomic mass is 10.3. The first-order valence-corrected chi connectivity index (χ1v) is 7.19. The number of rotatable bonds is 6. The van der Waals surface area contributed by atoms with E-state index in [1.165, 1.54) is 4.31 Å². The van der Waals surface area contributed by atoms with Crippen LogP contribution in [0.15, 0.2) is 24.3 Å². The van der Waals surface area contributed by atoms with Gasteiger partial charge in [-0.05, 0) is 31.0 Å². The molecule has 0 aliphatic carbocycles. The molecule has 0 aliphatic rings. The van der Waals surface area contributed by atoms with E-state index in [2.05, 4.69) is 6.07 Å². The lowest BCUT2D eigenvalue weighted by molar-refractivity contribution is 0.588. The van der Waals surface area contributed by atoms with Crippen LogP contribution in [-0.2, 0) is 10.0 Å². The van der Waals surface area contributed by atoms with Crippen LogP contribution in [0.1, 0.15) is 26.7 Å². The standard InChI is InChI=1S/C12H18NO2S/c1-3-10-13(16(14,15)11-4-2)12-8-6-5-7-9-12/h6-9H,3-4,10-11H2,1-2H3. The van der Waals surface area contributed by atoms with E-state index >= 15 is 0 Å². The first-order chi connectivity index (χ1) is 7.61. The highest BCUT2D eigenvalue weighted by atomic mass is 32.2.